The van der Waals surface area contributed by atoms with Crippen LogP contribution in [0.1, 0.15) is 57.8 Å². The smallest absolute Gasteiger partial charge is 0.253 e. The molecule has 0 saturated carbocycles. The lowest BCUT2D eigenvalue weighted by atomic mass is 9.86. The van der Waals surface area contributed by atoms with E-state index in [1.54, 1.807) is 6.20 Å². The summed E-state index contributed by atoms with van der Waals surface area (Å²) in [5, 5.41) is 4.22. The molecule has 2 rings (SSSR count). The summed E-state index contributed by atoms with van der Waals surface area (Å²) in [6.07, 6.45) is 5.62. The van der Waals surface area contributed by atoms with Gasteiger partial charge >= 0.3 is 0 Å². The number of nitrogens with zero attached hydrogens (tertiary/aromatic N) is 1. The van der Waals surface area contributed by atoms with Gasteiger partial charge in [-0.2, -0.15) is 0 Å². The Morgan fingerprint density at radius 2 is 2.00 bits per heavy atom. The van der Waals surface area contributed by atoms with E-state index in [9.17, 15) is 4.79 Å². The van der Waals surface area contributed by atoms with E-state index in [2.05, 4.69) is 51.0 Å². The molecule has 0 aliphatic carbocycles. The molecule has 1 atom stereocenters. The van der Waals surface area contributed by atoms with Crippen LogP contribution in [0.25, 0.3) is 10.9 Å². The van der Waals surface area contributed by atoms with E-state index in [0.717, 1.165) is 23.7 Å². The molecule has 0 spiro atoms. The molecule has 0 radical (unpaired) electrons. The summed E-state index contributed by atoms with van der Waals surface area (Å²) < 4.78 is 0. The number of rotatable bonds is 6. The Morgan fingerprint density at radius 3 is 2.67 bits per heavy atom. The molecular formula is C21H28N2O. The summed E-state index contributed by atoms with van der Waals surface area (Å²) in [7, 11) is 0. The first kappa shape index (κ1) is 18.2. The van der Waals surface area contributed by atoms with Crippen molar-refractivity contribution in [2.75, 3.05) is 0 Å². The van der Waals surface area contributed by atoms with Gasteiger partial charge < -0.3 is 5.32 Å². The Hall–Kier alpha value is -2.16. The Labute approximate surface area is 145 Å². The molecule has 1 unspecified atom stereocenters. The van der Waals surface area contributed by atoms with Crippen LogP contribution in [0.15, 0.2) is 48.2 Å². The summed E-state index contributed by atoms with van der Waals surface area (Å²) >= 11 is 0. The first-order valence-corrected chi connectivity index (χ1v) is 8.60. The Balaban J connectivity index is 2.23. The third-order valence-electron chi connectivity index (χ3n) is 4.09. The highest BCUT2D eigenvalue weighted by Crippen LogP contribution is 2.23. The zero-order chi connectivity index (χ0) is 17.7. The molecule has 24 heavy (non-hydrogen) atoms. The molecule has 1 heterocycles. The van der Waals surface area contributed by atoms with Crippen molar-refractivity contribution in [1.29, 1.82) is 0 Å². The van der Waals surface area contributed by atoms with Gasteiger partial charge in [-0.05, 0) is 51.7 Å². The van der Waals surface area contributed by atoms with Crippen LogP contribution >= 0.6 is 0 Å². The molecule has 2 aromatic rings. The van der Waals surface area contributed by atoms with Crippen LogP contribution in [0.3, 0.4) is 0 Å². The van der Waals surface area contributed by atoms with Crippen molar-refractivity contribution in [1.82, 2.24) is 10.3 Å². The monoisotopic (exact) mass is 324 g/mol. The molecule has 3 nitrogen and oxygen atoms in total. The number of nitrogens with one attached hydrogen (secondary N) is 1. The number of aromatic nitrogens is 1. The average molecular weight is 324 g/mol. The lowest BCUT2D eigenvalue weighted by Gasteiger charge is -2.32. The zero-order valence-corrected chi connectivity index (χ0v) is 15.4. The van der Waals surface area contributed by atoms with Gasteiger partial charge in [-0.1, -0.05) is 43.7 Å². The number of carbonyl (C=O) groups is 1. The minimum absolute atomic E-state index is 0.0569. The van der Waals surface area contributed by atoms with Crippen LogP contribution < -0.4 is 5.32 Å². The topological polar surface area (TPSA) is 42.0 Å². The number of allylic oxidation sites excluding steroid dienone is 1. The number of benzene rings is 1. The van der Waals surface area contributed by atoms with Gasteiger partial charge in [0.2, 0.25) is 0 Å². The molecule has 0 fully saturated rings. The van der Waals surface area contributed by atoms with Crippen molar-refractivity contribution in [2.24, 2.45) is 5.92 Å². The van der Waals surface area contributed by atoms with Gasteiger partial charge in [0.05, 0.1) is 11.1 Å². The molecule has 1 amide bonds. The van der Waals surface area contributed by atoms with Gasteiger partial charge in [0.25, 0.3) is 5.91 Å². The van der Waals surface area contributed by atoms with E-state index in [1.165, 1.54) is 5.57 Å². The second-order valence-corrected chi connectivity index (χ2v) is 7.52. The maximum Gasteiger partial charge on any atom is 0.253 e. The molecular weight excluding hydrogens is 296 g/mol. The van der Waals surface area contributed by atoms with Gasteiger partial charge in [-0.25, -0.2) is 0 Å². The lowest BCUT2D eigenvalue weighted by Crippen LogP contribution is -2.46. The summed E-state index contributed by atoms with van der Waals surface area (Å²) in [6.45, 7) is 10.7. The minimum Gasteiger partial charge on any atom is -0.347 e. The number of fused-ring (bicyclic) bond motifs is 1. The predicted octanol–water partition coefficient (Wildman–Crippen LogP) is 5.13. The zero-order valence-electron chi connectivity index (χ0n) is 15.4. The Bertz CT molecular complexity index is 744. The maximum atomic E-state index is 12.8. The number of para-hydroxylation sites is 1. The van der Waals surface area contributed by atoms with Crippen molar-refractivity contribution in [3.63, 3.8) is 0 Å². The number of amides is 1. The standard InChI is InChI=1S/C21H28N2O/c1-15(2)10-11-21(5,13-16(3)4)23-20(24)18-12-17-8-6-7-9-19(17)22-14-18/h6-10,12,14,16H,11,13H2,1-5H3,(H,23,24). The first-order valence-electron chi connectivity index (χ1n) is 8.60. The molecule has 128 valence electrons. The van der Waals surface area contributed by atoms with E-state index < -0.39 is 0 Å². The van der Waals surface area contributed by atoms with Crippen LogP contribution in [0.4, 0.5) is 0 Å². The van der Waals surface area contributed by atoms with Crippen molar-refractivity contribution in [3.8, 4) is 0 Å². The average Bonchev–Trinajstić information content (AvgIpc) is 2.51. The molecule has 3 heteroatoms. The summed E-state index contributed by atoms with van der Waals surface area (Å²) in [4.78, 5) is 17.2. The third-order valence-corrected chi connectivity index (χ3v) is 4.09. The lowest BCUT2D eigenvalue weighted by molar-refractivity contribution is 0.0895. The van der Waals surface area contributed by atoms with Crippen LogP contribution in [-0.4, -0.2) is 16.4 Å². The molecule has 0 bridgehead atoms. The fourth-order valence-electron chi connectivity index (χ4n) is 3.06. The highest BCUT2D eigenvalue weighted by molar-refractivity contribution is 5.97. The highest BCUT2D eigenvalue weighted by Gasteiger charge is 2.27. The van der Waals surface area contributed by atoms with E-state index in [4.69, 9.17) is 0 Å². The summed E-state index contributed by atoms with van der Waals surface area (Å²) in [5.74, 6) is 0.453. The number of carbonyl (C=O) groups excluding carboxylic acids is 1. The van der Waals surface area contributed by atoms with Crippen molar-refractivity contribution in [3.05, 3.63) is 53.7 Å². The highest BCUT2D eigenvalue weighted by atomic mass is 16.1. The second-order valence-electron chi connectivity index (χ2n) is 7.52. The van der Waals surface area contributed by atoms with Crippen LogP contribution in [0.2, 0.25) is 0 Å². The molecule has 1 aromatic heterocycles. The van der Waals surface area contributed by atoms with Crippen LogP contribution in [0, 0.1) is 5.92 Å². The molecule has 1 aromatic carbocycles. The van der Waals surface area contributed by atoms with E-state index >= 15 is 0 Å². The van der Waals surface area contributed by atoms with Gasteiger partial charge in [0.1, 0.15) is 0 Å². The molecule has 0 aliphatic rings. The number of hydrogen-bond donors (Lipinski definition) is 1. The molecule has 0 saturated heterocycles. The van der Waals surface area contributed by atoms with E-state index in [0.29, 0.717) is 11.5 Å². The quantitative estimate of drug-likeness (QED) is 0.749. The first-order chi connectivity index (χ1) is 11.3. The predicted molar refractivity (Wildman–Crippen MR) is 101 cm³/mol. The third kappa shape index (κ3) is 4.92. The van der Waals surface area contributed by atoms with Gasteiger partial charge in [-0.3, -0.25) is 9.78 Å². The van der Waals surface area contributed by atoms with Crippen molar-refractivity contribution < 1.29 is 4.79 Å². The van der Waals surface area contributed by atoms with E-state index in [-0.39, 0.29) is 11.4 Å². The Morgan fingerprint density at radius 1 is 1.29 bits per heavy atom. The number of hydrogen-bond acceptors (Lipinski definition) is 2. The molecule has 1 N–H and O–H groups in total. The summed E-state index contributed by atoms with van der Waals surface area (Å²) in [6, 6.07) is 9.76. The fourth-order valence-corrected chi connectivity index (χ4v) is 3.06. The van der Waals surface area contributed by atoms with E-state index in [1.807, 2.05) is 30.3 Å². The largest absolute Gasteiger partial charge is 0.347 e. The normalized spacial score (nSPS) is 13.6. The SMILES string of the molecule is CC(C)=CCC(C)(CC(C)C)NC(=O)c1cnc2ccccc2c1. The number of pyridine rings is 1. The second kappa shape index (κ2) is 7.61. The van der Waals surface area contributed by atoms with Crippen LogP contribution in [-0.2, 0) is 0 Å². The van der Waals surface area contributed by atoms with Crippen molar-refractivity contribution in [2.45, 2.75) is 53.0 Å². The Kier molecular flexibility index (Phi) is 5.76. The minimum atomic E-state index is -0.256. The van der Waals surface area contributed by atoms with Crippen LogP contribution in [0.5, 0.6) is 0 Å². The summed E-state index contributed by atoms with van der Waals surface area (Å²) in [5.41, 5.74) is 2.53. The maximum absolute atomic E-state index is 12.8. The van der Waals surface area contributed by atoms with Gasteiger partial charge in [0, 0.05) is 17.1 Å². The van der Waals surface area contributed by atoms with Gasteiger partial charge in [-0.15, -0.1) is 0 Å². The van der Waals surface area contributed by atoms with Crippen molar-refractivity contribution >= 4 is 16.8 Å². The fraction of sp³-hybridized carbons (Fsp3) is 0.429. The van der Waals surface area contributed by atoms with Gasteiger partial charge in [0.15, 0.2) is 0 Å². The molecule has 0 aliphatic heterocycles.